The molecule has 1 aliphatic heterocycles. The van der Waals surface area contributed by atoms with Crippen molar-refractivity contribution in [2.24, 2.45) is 0 Å². The van der Waals surface area contributed by atoms with Crippen LogP contribution in [0.2, 0.25) is 0 Å². The summed E-state index contributed by atoms with van der Waals surface area (Å²) in [5, 5.41) is 3.46. The van der Waals surface area contributed by atoms with E-state index in [2.05, 4.69) is 21.2 Å². The highest BCUT2D eigenvalue weighted by Crippen LogP contribution is 2.12. The second-order valence-corrected chi connectivity index (χ2v) is 4.90. The molecular weight excluding hydrogens is 314 g/mol. The summed E-state index contributed by atoms with van der Waals surface area (Å²) in [7, 11) is 0. The van der Waals surface area contributed by atoms with Gasteiger partial charge in [0.05, 0.1) is 0 Å². The Labute approximate surface area is 119 Å². The molecule has 6 heteroatoms. The third kappa shape index (κ3) is 3.78. The Bertz CT molecular complexity index is 451. The number of ether oxygens (including phenoxy) is 2. The summed E-state index contributed by atoms with van der Waals surface area (Å²) >= 11 is 3.24. The van der Waals surface area contributed by atoms with E-state index in [-0.39, 0.29) is 6.61 Å². The van der Waals surface area contributed by atoms with Crippen molar-refractivity contribution < 1.29 is 19.1 Å². The van der Waals surface area contributed by atoms with Crippen LogP contribution in [0, 0.1) is 0 Å². The molecule has 1 aliphatic rings. The number of benzene rings is 1. The van der Waals surface area contributed by atoms with Crippen LogP contribution in [-0.4, -0.2) is 29.5 Å². The first kappa shape index (κ1) is 14.0. The molecule has 0 radical (unpaired) electrons. The number of halogens is 1. The van der Waals surface area contributed by atoms with E-state index in [9.17, 15) is 9.59 Å². The third-order valence-electron chi connectivity index (χ3n) is 2.71. The summed E-state index contributed by atoms with van der Waals surface area (Å²) in [5.41, 5.74) is 0.886. The number of rotatable bonds is 5. The number of hydrogen-bond donors (Lipinski definition) is 1. The van der Waals surface area contributed by atoms with Gasteiger partial charge in [0.2, 0.25) is 0 Å². The van der Waals surface area contributed by atoms with Gasteiger partial charge < -0.3 is 9.47 Å². The molecule has 0 bridgehead atoms. The second-order valence-electron chi connectivity index (χ2n) is 4.11. The predicted molar refractivity (Wildman–Crippen MR) is 71.5 cm³/mol. The lowest BCUT2D eigenvalue weighted by atomic mass is 10.2. The van der Waals surface area contributed by atoms with E-state index in [4.69, 9.17) is 9.47 Å². The van der Waals surface area contributed by atoms with Gasteiger partial charge in [-0.25, -0.2) is 4.79 Å². The summed E-state index contributed by atoms with van der Waals surface area (Å²) in [6.07, 6.45) is -0.429. The highest BCUT2D eigenvalue weighted by atomic mass is 79.9. The normalized spacial score (nSPS) is 22.1. The van der Waals surface area contributed by atoms with E-state index in [1.807, 2.05) is 30.3 Å². The number of carbonyl (C=O) groups excluding carboxylic acids is 2. The smallest absolute Gasteiger partial charge is 0.363 e. The van der Waals surface area contributed by atoms with E-state index in [0.29, 0.717) is 11.8 Å². The van der Waals surface area contributed by atoms with Crippen LogP contribution < -0.4 is 5.32 Å². The Balaban J connectivity index is 1.83. The topological polar surface area (TPSA) is 64.6 Å². The maximum Gasteiger partial charge on any atom is 0.363 e. The highest BCUT2D eigenvalue weighted by molar-refractivity contribution is 9.09. The van der Waals surface area contributed by atoms with Crippen molar-refractivity contribution in [2.45, 2.75) is 25.3 Å². The van der Waals surface area contributed by atoms with E-state index < -0.39 is 24.2 Å². The van der Waals surface area contributed by atoms with Gasteiger partial charge in [-0.15, -0.1) is 0 Å². The minimum atomic E-state index is -1.000. The first-order valence-electron chi connectivity index (χ1n) is 5.94. The molecule has 102 valence electrons. The Morgan fingerprint density at radius 3 is 2.79 bits per heavy atom. The fraction of sp³-hybridized carbons (Fsp3) is 0.385. The summed E-state index contributed by atoms with van der Waals surface area (Å²) in [5.74, 6) is -0.990. The lowest BCUT2D eigenvalue weighted by molar-refractivity contribution is -0.163. The third-order valence-corrected chi connectivity index (χ3v) is 3.16. The molecule has 0 saturated carbocycles. The van der Waals surface area contributed by atoms with Gasteiger partial charge in [0.15, 0.2) is 0 Å². The zero-order valence-corrected chi connectivity index (χ0v) is 11.8. The lowest BCUT2D eigenvalue weighted by Gasteiger charge is -2.10. The van der Waals surface area contributed by atoms with Crippen molar-refractivity contribution >= 4 is 27.9 Å². The monoisotopic (exact) mass is 327 g/mol. The van der Waals surface area contributed by atoms with E-state index in [1.165, 1.54) is 0 Å². The minimum absolute atomic E-state index is 0.165. The largest absolute Gasteiger partial charge is 0.457 e. The number of alkyl halides is 1. The molecule has 0 aliphatic carbocycles. The zero-order valence-electron chi connectivity index (χ0n) is 10.2. The van der Waals surface area contributed by atoms with Crippen LogP contribution in [0.15, 0.2) is 30.3 Å². The average molecular weight is 328 g/mol. The Morgan fingerprint density at radius 2 is 2.11 bits per heavy atom. The summed E-state index contributed by atoms with van der Waals surface area (Å²) in [4.78, 5) is 23.2. The highest BCUT2D eigenvalue weighted by Gasteiger charge is 2.38. The van der Waals surface area contributed by atoms with Crippen molar-refractivity contribution in [2.75, 3.05) is 5.33 Å². The zero-order chi connectivity index (χ0) is 13.7. The van der Waals surface area contributed by atoms with Crippen molar-refractivity contribution in [3.8, 4) is 0 Å². The molecule has 19 heavy (non-hydrogen) atoms. The minimum Gasteiger partial charge on any atom is -0.457 e. The molecule has 0 amide bonds. The van der Waals surface area contributed by atoms with Crippen molar-refractivity contribution in [3.05, 3.63) is 35.9 Å². The van der Waals surface area contributed by atoms with Gasteiger partial charge >= 0.3 is 11.9 Å². The summed E-state index contributed by atoms with van der Waals surface area (Å²) < 4.78 is 10.0. The van der Waals surface area contributed by atoms with Gasteiger partial charge in [-0.3, -0.25) is 10.1 Å². The van der Waals surface area contributed by atoms with Crippen LogP contribution in [0.5, 0.6) is 0 Å². The SMILES string of the molecule is O=C(OCc1ccccc1)C1N[C@@H](CCBr)C(=O)O1. The van der Waals surface area contributed by atoms with E-state index >= 15 is 0 Å². The molecule has 5 nitrogen and oxygen atoms in total. The first-order chi connectivity index (χ1) is 9.20. The average Bonchev–Trinajstić information content (AvgIpc) is 2.79. The number of esters is 2. The van der Waals surface area contributed by atoms with E-state index in [1.54, 1.807) is 0 Å². The van der Waals surface area contributed by atoms with Crippen LogP contribution in [-0.2, 0) is 25.7 Å². The van der Waals surface area contributed by atoms with Crippen LogP contribution in [0.4, 0.5) is 0 Å². The quantitative estimate of drug-likeness (QED) is 0.653. The Hall–Kier alpha value is -1.40. The molecule has 0 spiro atoms. The molecule has 2 rings (SSSR count). The number of hydrogen-bond acceptors (Lipinski definition) is 5. The van der Waals surface area contributed by atoms with Gasteiger partial charge in [-0.2, -0.15) is 0 Å². The number of carbonyl (C=O) groups is 2. The van der Waals surface area contributed by atoms with Crippen LogP contribution in [0.3, 0.4) is 0 Å². The molecular formula is C13H14BrNO4. The standard InChI is InChI=1S/C13H14BrNO4/c14-7-6-10-12(16)19-11(15-10)13(17)18-8-9-4-2-1-3-5-9/h1-5,10-11,15H,6-8H2/t10-,11?/m0/s1. The first-order valence-corrected chi connectivity index (χ1v) is 7.06. The van der Waals surface area contributed by atoms with Crippen molar-refractivity contribution in [3.63, 3.8) is 0 Å². The summed E-state index contributed by atoms with van der Waals surface area (Å²) in [6, 6.07) is 8.88. The lowest BCUT2D eigenvalue weighted by Crippen LogP contribution is -2.38. The predicted octanol–water partition coefficient (Wildman–Crippen LogP) is 1.36. The van der Waals surface area contributed by atoms with Gasteiger partial charge in [0, 0.05) is 5.33 Å². The van der Waals surface area contributed by atoms with E-state index in [0.717, 1.165) is 5.56 Å². The fourth-order valence-corrected chi connectivity index (χ4v) is 2.17. The van der Waals surface area contributed by atoms with Crippen LogP contribution >= 0.6 is 15.9 Å². The van der Waals surface area contributed by atoms with Gasteiger partial charge in [0.1, 0.15) is 12.6 Å². The van der Waals surface area contributed by atoms with Crippen molar-refractivity contribution in [1.82, 2.24) is 5.32 Å². The van der Waals surface area contributed by atoms with Gasteiger partial charge in [0.25, 0.3) is 6.23 Å². The van der Waals surface area contributed by atoms with Crippen LogP contribution in [0.1, 0.15) is 12.0 Å². The van der Waals surface area contributed by atoms with Crippen LogP contribution in [0.25, 0.3) is 0 Å². The molecule has 1 heterocycles. The molecule has 1 N–H and O–H groups in total. The Kier molecular flexibility index (Phi) is 4.93. The maximum atomic E-state index is 11.7. The van der Waals surface area contributed by atoms with Gasteiger partial charge in [-0.1, -0.05) is 46.3 Å². The Morgan fingerprint density at radius 1 is 1.37 bits per heavy atom. The van der Waals surface area contributed by atoms with Crippen molar-refractivity contribution in [1.29, 1.82) is 0 Å². The summed E-state index contributed by atoms with van der Waals surface area (Å²) in [6.45, 7) is 0.165. The molecule has 0 aromatic heterocycles. The van der Waals surface area contributed by atoms with Gasteiger partial charge in [-0.05, 0) is 12.0 Å². The molecule has 1 aromatic rings. The molecule has 1 fully saturated rings. The molecule has 1 unspecified atom stereocenters. The fourth-order valence-electron chi connectivity index (χ4n) is 1.71. The number of cyclic esters (lactones) is 1. The maximum absolute atomic E-state index is 11.7. The number of nitrogens with one attached hydrogen (secondary N) is 1. The molecule has 1 aromatic carbocycles. The molecule has 1 saturated heterocycles. The molecule has 2 atom stereocenters. The second kappa shape index (κ2) is 6.68.